The number of halogens is 3. The van der Waals surface area contributed by atoms with E-state index in [1.165, 1.54) is 18.5 Å². The lowest BCUT2D eigenvalue weighted by molar-refractivity contribution is -0.172. The molecule has 1 aromatic carbocycles. The van der Waals surface area contributed by atoms with Crippen molar-refractivity contribution in [2.75, 3.05) is 25.1 Å². The summed E-state index contributed by atoms with van der Waals surface area (Å²) in [5.41, 5.74) is 0.863. The molecule has 3 aliphatic rings. The summed E-state index contributed by atoms with van der Waals surface area (Å²) in [6, 6.07) is 4.20. The van der Waals surface area contributed by atoms with Crippen molar-refractivity contribution in [2.24, 2.45) is 0 Å². The Balaban J connectivity index is 1.26. The zero-order valence-electron chi connectivity index (χ0n) is 16.2. The molecule has 1 spiro atoms. The Hall–Kier alpha value is -2.68. The van der Waals surface area contributed by atoms with Gasteiger partial charge >= 0.3 is 6.18 Å². The van der Waals surface area contributed by atoms with E-state index in [0.717, 1.165) is 30.9 Å². The van der Waals surface area contributed by atoms with Gasteiger partial charge < -0.3 is 15.0 Å². The first kappa shape index (κ1) is 19.3. The summed E-state index contributed by atoms with van der Waals surface area (Å²) >= 11 is 0. The van der Waals surface area contributed by atoms with Gasteiger partial charge in [0.2, 0.25) is 5.95 Å². The molecule has 6 nitrogen and oxygen atoms in total. The lowest BCUT2D eigenvalue weighted by atomic mass is 9.82. The van der Waals surface area contributed by atoms with Gasteiger partial charge in [-0.05, 0) is 48.4 Å². The van der Waals surface area contributed by atoms with Crippen LogP contribution in [0.3, 0.4) is 0 Å². The molecule has 1 amide bonds. The Kier molecular flexibility index (Phi) is 4.46. The van der Waals surface area contributed by atoms with Crippen molar-refractivity contribution in [3.05, 3.63) is 52.8 Å². The second kappa shape index (κ2) is 6.94. The van der Waals surface area contributed by atoms with E-state index in [0.29, 0.717) is 30.9 Å². The third-order valence-electron chi connectivity index (χ3n) is 6.10. The van der Waals surface area contributed by atoms with Crippen molar-refractivity contribution in [3.63, 3.8) is 0 Å². The van der Waals surface area contributed by atoms with Gasteiger partial charge in [-0.2, -0.15) is 13.2 Å². The monoisotopic (exact) mass is 418 g/mol. The first-order chi connectivity index (χ1) is 14.3. The van der Waals surface area contributed by atoms with Crippen LogP contribution in [0.2, 0.25) is 0 Å². The van der Waals surface area contributed by atoms with Crippen LogP contribution < -0.4 is 5.32 Å². The number of anilines is 1. The highest BCUT2D eigenvalue weighted by Gasteiger charge is 2.53. The number of hydrogen-bond donors (Lipinski definition) is 1. The Labute approximate surface area is 171 Å². The van der Waals surface area contributed by atoms with Crippen molar-refractivity contribution < 1.29 is 22.7 Å². The van der Waals surface area contributed by atoms with Gasteiger partial charge in [0.25, 0.3) is 5.91 Å². The zero-order valence-corrected chi connectivity index (χ0v) is 16.2. The predicted molar refractivity (Wildman–Crippen MR) is 102 cm³/mol. The van der Waals surface area contributed by atoms with E-state index in [4.69, 9.17) is 4.74 Å². The average Bonchev–Trinajstić information content (AvgIpc) is 3.49. The average molecular weight is 418 g/mol. The summed E-state index contributed by atoms with van der Waals surface area (Å²) in [5, 5.41) is 2.95. The summed E-state index contributed by atoms with van der Waals surface area (Å²) in [6.07, 6.45) is 1.32. The maximum Gasteiger partial charge on any atom is 0.416 e. The minimum atomic E-state index is -4.38. The van der Waals surface area contributed by atoms with E-state index < -0.39 is 11.7 Å². The number of hydrogen-bond acceptors (Lipinski definition) is 5. The minimum Gasteiger partial charge on any atom is -0.376 e. The molecular weight excluding hydrogens is 397 g/mol. The van der Waals surface area contributed by atoms with E-state index >= 15 is 0 Å². The maximum absolute atomic E-state index is 13.2. The van der Waals surface area contributed by atoms with Gasteiger partial charge in [0.1, 0.15) is 0 Å². The van der Waals surface area contributed by atoms with Crippen LogP contribution in [0, 0.1) is 0 Å². The van der Waals surface area contributed by atoms with Crippen molar-refractivity contribution in [1.82, 2.24) is 14.9 Å². The summed E-state index contributed by atoms with van der Waals surface area (Å²) in [7, 11) is 0. The van der Waals surface area contributed by atoms with Gasteiger partial charge in [-0.3, -0.25) is 4.79 Å². The van der Waals surface area contributed by atoms with Crippen LogP contribution >= 0.6 is 0 Å². The molecule has 0 atom stereocenters. The standard InChI is InChI=1S/C21H21F3N4O2/c22-21(23,24)17-6-13(5-15(7-17)14-1-2-14)8-25-19-26-9-16(10-27-19)18(29)28-4-3-20(28)11-30-12-20/h5-7,9-10,14H,1-4,8,11-12H2,(H,25,26,27). The third-order valence-corrected chi connectivity index (χ3v) is 6.10. The molecule has 2 aromatic rings. The largest absolute Gasteiger partial charge is 0.416 e. The van der Waals surface area contributed by atoms with Crippen LogP contribution in [0.25, 0.3) is 0 Å². The Morgan fingerprint density at radius 2 is 1.93 bits per heavy atom. The van der Waals surface area contributed by atoms with Crippen LogP contribution in [0.15, 0.2) is 30.6 Å². The number of nitrogens with zero attached hydrogens (tertiary/aromatic N) is 3. The zero-order chi connectivity index (χ0) is 20.9. The maximum atomic E-state index is 13.2. The number of aromatic nitrogens is 2. The summed E-state index contributed by atoms with van der Waals surface area (Å²) in [4.78, 5) is 22.8. The van der Waals surface area contributed by atoms with Crippen LogP contribution in [0.1, 0.15) is 52.2 Å². The highest BCUT2D eigenvalue weighted by atomic mass is 19.4. The molecule has 30 heavy (non-hydrogen) atoms. The molecule has 1 aromatic heterocycles. The van der Waals surface area contributed by atoms with Crippen LogP contribution in [0.4, 0.5) is 19.1 Å². The summed E-state index contributed by atoms with van der Waals surface area (Å²) < 4.78 is 44.9. The topological polar surface area (TPSA) is 67.4 Å². The molecular formula is C21H21F3N4O2. The van der Waals surface area contributed by atoms with E-state index in [-0.39, 0.29) is 29.9 Å². The number of nitrogens with one attached hydrogen (secondary N) is 1. The fourth-order valence-corrected chi connectivity index (χ4v) is 4.00. The first-order valence-corrected chi connectivity index (χ1v) is 10.0. The second-order valence-electron chi connectivity index (χ2n) is 8.31. The van der Waals surface area contributed by atoms with Crippen LogP contribution in [-0.4, -0.2) is 46.1 Å². The fraction of sp³-hybridized carbons (Fsp3) is 0.476. The smallest absolute Gasteiger partial charge is 0.376 e. The molecule has 1 saturated carbocycles. The summed E-state index contributed by atoms with van der Waals surface area (Å²) in [6.45, 7) is 2.00. The predicted octanol–water partition coefficient (Wildman–Crippen LogP) is 3.60. The third kappa shape index (κ3) is 3.51. The van der Waals surface area contributed by atoms with E-state index in [2.05, 4.69) is 15.3 Å². The van der Waals surface area contributed by atoms with Gasteiger partial charge in [0, 0.05) is 25.5 Å². The van der Waals surface area contributed by atoms with Gasteiger partial charge in [0.15, 0.2) is 0 Å². The van der Waals surface area contributed by atoms with Gasteiger partial charge in [-0.25, -0.2) is 9.97 Å². The molecule has 2 aliphatic heterocycles. The fourth-order valence-electron chi connectivity index (χ4n) is 4.00. The molecule has 2 saturated heterocycles. The lowest BCUT2D eigenvalue weighted by Gasteiger charge is -2.57. The second-order valence-corrected chi connectivity index (χ2v) is 8.31. The van der Waals surface area contributed by atoms with E-state index in [9.17, 15) is 18.0 Å². The van der Waals surface area contributed by atoms with E-state index in [1.54, 1.807) is 4.90 Å². The molecule has 1 aliphatic carbocycles. The number of likely N-dealkylation sites (tertiary alicyclic amines) is 1. The van der Waals surface area contributed by atoms with Gasteiger partial charge in [-0.1, -0.05) is 6.07 Å². The van der Waals surface area contributed by atoms with Crippen LogP contribution in [0.5, 0.6) is 0 Å². The van der Waals surface area contributed by atoms with Gasteiger partial charge in [0.05, 0.1) is 29.9 Å². The lowest BCUT2D eigenvalue weighted by Crippen LogP contribution is -2.72. The molecule has 3 fully saturated rings. The molecule has 0 unspecified atom stereocenters. The van der Waals surface area contributed by atoms with Crippen molar-refractivity contribution >= 4 is 11.9 Å². The highest BCUT2D eigenvalue weighted by molar-refractivity contribution is 5.95. The Morgan fingerprint density at radius 3 is 2.47 bits per heavy atom. The number of rotatable bonds is 5. The van der Waals surface area contributed by atoms with Crippen molar-refractivity contribution in [2.45, 2.75) is 43.4 Å². The number of benzene rings is 1. The number of ether oxygens (including phenoxy) is 1. The highest BCUT2D eigenvalue weighted by Crippen LogP contribution is 2.42. The number of amides is 1. The van der Waals surface area contributed by atoms with Crippen LogP contribution in [-0.2, 0) is 17.5 Å². The minimum absolute atomic E-state index is 0.122. The first-order valence-electron chi connectivity index (χ1n) is 10.0. The summed E-state index contributed by atoms with van der Waals surface area (Å²) in [5.74, 6) is 0.365. The number of alkyl halides is 3. The molecule has 5 rings (SSSR count). The molecule has 9 heteroatoms. The Morgan fingerprint density at radius 1 is 1.20 bits per heavy atom. The molecule has 158 valence electrons. The molecule has 0 radical (unpaired) electrons. The normalized spacial score (nSPS) is 19.9. The number of carbonyl (C=O) groups is 1. The van der Waals surface area contributed by atoms with E-state index in [1.807, 2.05) is 6.07 Å². The van der Waals surface area contributed by atoms with Crippen molar-refractivity contribution in [3.8, 4) is 0 Å². The molecule has 3 heterocycles. The SMILES string of the molecule is O=C(c1cnc(NCc2cc(C3CC3)cc(C(F)(F)F)c2)nc1)N1CCC12COC2. The quantitative estimate of drug-likeness (QED) is 0.804. The molecule has 0 bridgehead atoms. The van der Waals surface area contributed by atoms with Crippen molar-refractivity contribution in [1.29, 1.82) is 0 Å². The molecule has 1 N–H and O–H groups in total. The van der Waals surface area contributed by atoms with Gasteiger partial charge in [-0.15, -0.1) is 0 Å². The number of carbonyl (C=O) groups excluding carboxylic acids is 1. The Bertz CT molecular complexity index is 964.